The monoisotopic (exact) mass is 416 g/mol. The molecule has 144 valence electrons. The van der Waals surface area contributed by atoms with Crippen molar-refractivity contribution in [3.8, 4) is 0 Å². The van der Waals surface area contributed by atoms with Crippen LogP contribution in [0.1, 0.15) is 12.0 Å². The molecule has 27 heavy (non-hydrogen) atoms. The van der Waals surface area contributed by atoms with Crippen molar-refractivity contribution in [1.29, 1.82) is 0 Å². The molecular formula is C16H15F3N4O2S2. The van der Waals surface area contributed by atoms with Gasteiger partial charge in [0.2, 0.25) is 10.0 Å². The lowest BCUT2D eigenvalue weighted by molar-refractivity contribution is -0.139. The van der Waals surface area contributed by atoms with Gasteiger partial charge in [-0.3, -0.25) is 0 Å². The van der Waals surface area contributed by atoms with Gasteiger partial charge in [0.1, 0.15) is 10.6 Å². The van der Waals surface area contributed by atoms with Gasteiger partial charge in [-0.2, -0.15) is 17.5 Å². The summed E-state index contributed by atoms with van der Waals surface area (Å²) in [5.74, 6) is 0.647. The normalized spacial score (nSPS) is 12.4. The second kappa shape index (κ2) is 7.79. The van der Waals surface area contributed by atoms with Crippen LogP contribution in [0.3, 0.4) is 0 Å². The second-order valence-corrected chi connectivity index (χ2v) is 8.05. The van der Waals surface area contributed by atoms with Crippen molar-refractivity contribution in [2.75, 3.05) is 18.4 Å². The molecule has 0 atom stereocenters. The number of fused-ring (bicyclic) bond motifs is 1. The molecule has 0 fully saturated rings. The molecule has 0 bridgehead atoms. The van der Waals surface area contributed by atoms with Crippen molar-refractivity contribution in [1.82, 2.24) is 14.1 Å². The molecule has 2 N–H and O–H groups in total. The molecule has 3 aromatic rings. The predicted octanol–water partition coefficient (Wildman–Crippen LogP) is 3.49. The van der Waals surface area contributed by atoms with E-state index in [-0.39, 0.29) is 6.54 Å². The summed E-state index contributed by atoms with van der Waals surface area (Å²) in [5.41, 5.74) is -1.18. The SMILES string of the molecule is O=S(=O)(NCCCNc1nsc2ncccc12)c1ccccc1C(F)(F)F. The Labute approximate surface area is 157 Å². The number of nitrogens with one attached hydrogen (secondary N) is 2. The molecule has 6 nitrogen and oxygen atoms in total. The average Bonchev–Trinajstić information content (AvgIpc) is 3.04. The molecule has 3 rings (SSSR count). The minimum absolute atomic E-state index is 0.0121. The van der Waals surface area contributed by atoms with E-state index in [0.717, 1.165) is 28.4 Å². The lowest BCUT2D eigenvalue weighted by Crippen LogP contribution is -2.28. The molecule has 11 heteroatoms. The third-order valence-electron chi connectivity index (χ3n) is 3.67. The number of pyridine rings is 1. The van der Waals surface area contributed by atoms with Gasteiger partial charge in [-0.05, 0) is 42.2 Å². The number of anilines is 1. The van der Waals surface area contributed by atoms with E-state index < -0.39 is 26.7 Å². The molecule has 2 aromatic heterocycles. The summed E-state index contributed by atoms with van der Waals surface area (Å²) in [4.78, 5) is 4.18. The molecule has 0 aliphatic heterocycles. The van der Waals surface area contributed by atoms with E-state index in [1.807, 2.05) is 6.07 Å². The van der Waals surface area contributed by atoms with Crippen LogP contribution in [0.2, 0.25) is 0 Å². The first-order valence-electron chi connectivity index (χ1n) is 7.89. The number of nitrogens with zero attached hydrogens (tertiary/aromatic N) is 2. The van der Waals surface area contributed by atoms with Crippen molar-refractivity contribution in [2.24, 2.45) is 0 Å². The summed E-state index contributed by atoms with van der Waals surface area (Å²) in [6, 6.07) is 7.75. The first-order valence-corrected chi connectivity index (χ1v) is 10.1. The van der Waals surface area contributed by atoms with Crippen molar-refractivity contribution < 1.29 is 21.6 Å². The van der Waals surface area contributed by atoms with Gasteiger partial charge in [0, 0.05) is 19.3 Å². The van der Waals surface area contributed by atoms with Crippen LogP contribution < -0.4 is 10.0 Å². The lowest BCUT2D eigenvalue weighted by atomic mass is 10.2. The van der Waals surface area contributed by atoms with Crippen molar-refractivity contribution in [3.63, 3.8) is 0 Å². The van der Waals surface area contributed by atoms with Gasteiger partial charge in [0.25, 0.3) is 0 Å². The number of halogens is 3. The Hall–Kier alpha value is -2.24. The fourth-order valence-electron chi connectivity index (χ4n) is 2.42. The molecular weight excluding hydrogens is 401 g/mol. The lowest BCUT2D eigenvalue weighted by Gasteiger charge is -2.13. The Morgan fingerprint density at radius 3 is 2.63 bits per heavy atom. The van der Waals surface area contributed by atoms with Crippen molar-refractivity contribution in [3.05, 3.63) is 48.2 Å². The van der Waals surface area contributed by atoms with E-state index in [4.69, 9.17) is 0 Å². The Morgan fingerprint density at radius 1 is 1.07 bits per heavy atom. The molecule has 2 heterocycles. The molecule has 0 saturated heterocycles. The van der Waals surface area contributed by atoms with Crippen molar-refractivity contribution in [2.45, 2.75) is 17.5 Å². The third-order valence-corrected chi connectivity index (χ3v) is 5.96. The largest absolute Gasteiger partial charge is 0.417 e. The quantitative estimate of drug-likeness (QED) is 0.576. The predicted molar refractivity (Wildman–Crippen MR) is 97.2 cm³/mol. The summed E-state index contributed by atoms with van der Waals surface area (Å²) < 4.78 is 69.9. The van der Waals surface area contributed by atoms with E-state index in [2.05, 4.69) is 19.4 Å². The topological polar surface area (TPSA) is 84.0 Å². The van der Waals surface area contributed by atoms with Gasteiger partial charge in [0.15, 0.2) is 0 Å². The van der Waals surface area contributed by atoms with Crippen LogP contribution in [0.15, 0.2) is 47.5 Å². The van der Waals surface area contributed by atoms with E-state index in [1.165, 1.54) is 17.6 Å². The highest BCUT2D eigenvalue weighted by atomic mass is 32.2. The summed E-state index contributed by atoms with van der Waals surface area (Å²) in [5, 5.41) is 3.94. The van der Waals surface area contributed by atoms with Crippen LogP contribution in [0.25, 0.3) is 10.2 Å². The second-order valence-electron chi connectivity index (χ2n) is 5.56. The highest BCUT2D eigenvalue weighted by molar-refractivity contribution is 7.89. The summed E-state index contributed by atoms with van der Waals surface area (Å²) >= 11 is 1.24. The molecule has 0 unspecified atom stereocenters. The zero-order chi connectivity index (χ0) is 19.5. The molecule has 0 amide bonds. The Bertz CT molecular complexity index is 1040. The van der Waals surface area contributed by atoms with Crippen LogP contribution >= 0.6 is 11.5 Å². The summed E-state index contributed by atoms with van der Waals surface area (Å²) in [7, 11) is -4.26. The smallest absolute Gasteiger partial charge is 0.369 e. The minimum Gasteiger partial charge on any atom is -0.369 e. The van der Waals surface area contributed by atoms with E-state index in [1.54, 1.807) is 12.3 Å². The third kappa shape index (κ3) is 4.54. The van der Waals surface area contributed by atoms with Gasteiger partial charge in [-0.25, -0.2) is 18.1 Å². The number of aromatic nitrogens is 2. The maximum absolute atomic E-state index is 13.0. The zero-order valence-corrected chi connectivity index (χ0v) is 15.5. The highest BCUT2D eigenvalue weighted by Crippen LogP contribution is 2.33. The van der Waals surface area contributed by atoms with Crippen molar-refractivity contribution >= 4 is 37.6 Å². The highest BCUT2D eigenvalue weighted by Gasteiger charge is 2.36. The number of alkyl halides is 3. The maximum atomic E-state index is 13.0. The molecule has 0 spiro atoms. The van der Waals surface area contributed by atoms with E-state index >= 15 is 0 Å². The zero-order valence-electron chi connectivity index (χ0n) is 13.8. The molecule has 1 aromatic carbocycles. The van der Waals surface area contributed by atoms with Crippen LogP contribution in [0.5, 0.6) is 0 Å². The van der Waals surface area contributed by atoms with Gasteiger partial charge < -0.3 is 5.32 Å². The van der Waals surface area contributed by atoms with E-state index in [0.29, 0.717) is 18.8 Å². The first kappa shape index (κ1) is 19.5. The number of sulfonamides is 1. The number of benzene rings is 1. The van der Waals surface area contributed by atoms with Gasteiger partial charge in [-0.15, -0.1) is 0 Å². The van der Waals surface area contributed by atoms with Gasteiger partial charge in [-0.1, -0.05) is 12.1 Å². The standard InChI is InChI=1S/C16H15F3N4O2S2/c17-16(18,19)12-6-1-2-7-13(12)27(24,25)22-10-4-9-20-14-11-5-3-8-21-15(11)26-23-14/h1-3,5-8,22H,4,9-10H2,(H,20,23). The van der Waals surface area contributed by atoms with Gasteiger partial charge in [0.05, 0.1) is 15.8 Å². The number of hydrogen-bond donors (Lipinski definition) is 2. The van der Waals surface area contributed by atoms with Crippen LogP contribution in [-0.2, 0) is 16.2 Å². The van der Waals surface area contributed by atoms with E-state index in [9.17, 15) is 21.6 Å². The molecule has 0 aliphatic carbocycles. The average molecular weight is 416 g/mol. The van der Waals surface area contributed by atoms with Crippen LogP contribution in [0, 0.1) is 0 Å². The number of rotatable bonds is 7. The minimum atomic E-state index is -4.74. The van der Waals surface area contributed by atoms with Crippen LogP contribution in [-0.4, -0.2) is 30.9 Å². The maximum Gasteiger partial charge on any atom is 0.417 e. The molecule has 0 saturated carbocycles. The summed E-state index contributed by atoms with van der Waals surface area (Å²) in [6.45, 7) is 0.388. The molecule has 0 radical (unpaired) electrons. The fraction of sp³-hybridized carbons (Fsp3) is 0.250. The Morgan fingerprint density at radius 2 is 1.85 bits per heavy atom. The Kier molecular flexibility index (Phi) is 5.63. The molecule has 0 aliphatic rings. The summed E-state index contributed by atoms with van der Waals surface area (Å²) in [6.07, 6.45) is -2.71. The number of hydrogen-bond acceptors (Lipinski definition) is 6. The van der Waals surface area contributed by atoms with Crippen LogP contribution in [0.4, 0.5) is 19.0 Å². The fourth-order valence-corrected chi connectivity index (χ4v) is 4.44. The first-order chi connectivity index (χ1) is 12.8. The Balaban J connectivity index is 1.57. The van der Waals surface area contributed by atoms with Gasteiger partial charge >= 0.3 is 6.18 Å².